The van der Waals surface area contributed by atoms with Crippen LogP contribution in [-0.4, -0.2) is 65.0 Å². The summed E-state index contributed by atoms with van der Waals surface area (Å²) < 4.78 is 56.7. The lowest BCUT2D eigenvalue weighted by Gasteiger charge is -2.31. The number of nitrogens with zero attached hydrogens (tertiary/aromatic N) is 1. The highest BCUT2D eigenvalue weighted by molar-refractivity contribution is 7.92. The van der Waals surface area contributed by atoms with Crippen molar-refractivity contribution in [2.24, 2.45) is 5.92 Å². The monoisotopic (exact) mass is 326 g/mol. The van der Waals surface area contributed by atoms with Crippen molar-refractivity contribution in [3.05, 3.63) is 0 Å². The van der Waals surface area contributed by atoms with Gasteiger partial charge in [0.15, 0.2) is 9.84 Å². The molecule has 2 atom stereocenters. The van der Waals surface area contributed by atoms with E-state index < -0.39 is 32.2 Å². The minimum absolute atomic E-state index is 0.131. The first-order chi connectivity index (χ1) is 9.23. The van der Waals surface area contributed by atoms with Gasteiger partial charge in [-0.05, 0) is 18.8 Å². The zero-order chi connectivity index (χ0) is 15.0. The van der Waals surface area contributed by atoms with E-state index in [9.17, 15) is 16.8 Å². The fraction of sp³-hybridized carbons (Fsp3) is 1.00. The molecule has 2 heterocycles. The molecule has 1 N–H and O–H groups in total. The second-order valence-corrected chi connectivity index (χ2v) is 9.52. The molecule has 0 bridgehead atoms. The van der Waals surface area contributed by atoms with E-state index in [0.717, 1.165) is 12.8 Å². The summed E-state index contributed by atoms with van der Waals surface area (Å²) in [7, 11) is -5.49. The Morgan fingerprint density at radius 1 is 1.20 bits per heavy atom. The van der Waals surface area contributed by atoms with Crippen molar-refractivity contribution in [1.82, 2.24) is 9.03 Å². The molecule has 2 rings (SSSR count). The number of nitrogens with one attached hydrogen (secondary N) is 1. The van der Waals surface area contributed by atoms with Gasteiger partial charge in [0, 0.05) is 20.2 Å². The Morgan fingerprint density at radius 2 is 1.80 bits per heavy atom. The minimum atomic E-state index is -3.64. The van der Waals surface area contributed by atoms with E-state index >= 15 is 0 Å². The Balaban J connectivity index is 2.04. The number of ether oxygens (including phenoxy) is 1. The maximum Gasteiger partial charge on any atom is 0.279 e. The van der Waals surface area contributed by atoms with Crippen molar-refractivity contribution in [2.45, 2.75) is 31.9 Å². The molecule has 2 aliphatic rings. The van der Waals surface area contributed by atoms with E-state index in [1.54, 1.807) is 0 Å². The molecule has 0 amide bonds. The molecule has 0 unspecified atom stereocenters. The molecule has 0 aromatic rings. The molecule has 0 aromatic carbocycles. The van der Waals surface area contributed by atoms with Gasteiger partial charge in [0.25, 0.3) is 10.2 Å². The maximum absolute atomic E-state index is 12.3. The molecule has 2 aliphatic heterocycles. The molecular weight excluding hydrogens is 304 g/mol. The summed E-state index contributed by atoms with van der Waals surface area (Å²) in [6.45, 7) is 3.06. The zero-order valence-corrected chi connectivity index (χ0v) is 13.4. The molecular formula is C11H22N2O5S2. The number of hydrogen-bond acceptors (Lipinski definition) is 5. The van der Waals surface area contributed by atoms with Crippen molar-refractivity contribution in [1.29, 1.82) is 0 Å². The van der Waals surface area contributed by atoms with Crippen molar-refractivity contribution >= 4 is 20.0 Å². The van der Waals surface area contributed by atoms with E-state index in [2.05, 4.69) is 11.6 Å². The van der Waals surface area contributed by atoms with Gasteiger partial charge in [-0.3, -0.25) is 0 Å². The van der Waals surface area contributed by atoms with Crippen LogP contribution in [0.3, 0.4) is 0 Å². The van der Waals surface area contributed by atoms with Crippen LogP contribution in [0, 0.1) is 5.92 Å². The van der Waals surface area contributed by atoms with Crippen LogP contribution in [0.15, 0.2) is 0 Å². The van der Waals surface area contributed by atoms with Gasteiger partial charge in [-0.15, -0.1) is 0 Å². The highest BCUT2D eigenvalue weighted by Crippen LogP contribution is 2.20. The summed E-state index contributed by atoms with van der Waals surface area (Å²) in [5.41, 5.74) is 0. The predicted molar refractivity (Wildman–Crippen MR) is 75.3 cm³/mol. The van der Waals surface area contributed by atoms with Crippen LogP contribution in [0.5, 0.6) is 0 Å². The molecule has 7 nitrogen and oxygen atoms in total. The molecule has 118 valence electrons. The highest BCUT2D eigenvalue weighted by Gasteiger charge is 2.41. The Bertz CT molecular complexity index is 537. The lowest BCUT2D eigenvalue weighted by molar-refractivity contribution is 0.105. The Hall–Kier alpha value is -0.220. The Kier molecular flexibility index (Phi) is 4.75. The average Bonchev–Trinajstić information content (AvgIpc) is 2.63. The Morgan fingerprint density at radius 3 is 2.35 bits per heavy atom. The topological polar surface area (TPSA) is 92.8 Å². The summed E-state index contributed by atoms with van der Waals surface area (Å²) in [6, 6.07) is -0.700. The molecule has 9 heteroatoms. The van der Waals surface area contributed by atoms with Gasteiger partial charge in [0.05, 0.1) is 23.7 Å². The number of sulfone groups is 1. The van der Waals surface area contributed by atoms with Crippen LogP contribution in [-0.2, 0) is 24.8 Å². The average molecular weight is 326 g/mol. The molecule has 2 saturated heterocycles. The van der Waals surface area contributed by atoms with Crippen molar-refractivity contribution in [3.63, 3.8) is 0 Å². The third kappa shape index (κ3) is 3.70. The number of piperidine rings is 1. The van der Waals surface area contributed by atoms with Gasteiger partial charge in [-0.25, -0.2) is 8.42 Å². The molecule has 0 saturated carbocycles. The summed E-state index contributed by atoms with van der Waals surface area (Å²) in [5, 5.41) is 0. The van der Waals surface area contributed by atoms with Gasteiger partial charge in [0.1, 0.15) is 0 Å². The minimum Gasteiger partial charge on any atom is -0.379 e. The molecule has 0 spiro atoms. The molecule has 0 radical (unpaired) electrons. The second kappa shape index (κ2) is 5.88. The van der Waals surface area contributed by atoms with E-state index in [1.165, 1.54) is 11.4 Å². The first-order valence-electron chi connectivity index (χ1n) is 6.74. The number of hydrogen-bond donors (Lipinski definition) is 1. The zero-order valence-electron chi connectivity index (χ0n) is 11.8. The van der Waals surface area contributed by atoms with E-state index in [4.69, 9.17) is 4.74 Å². The smallest absolute Gasteiger partial charge is 0.279 e. The van der Waals surface area contributed by atoms with Crippen LogP contribution < -0.4 is 4.72 Å². The summed E-state index contributed by atoms with van der Waals surface area (Å²) in [4.78, 5) is 0. The van der Waals surface area contributed by atoms with E-state index in [1.807, 2.05) is 0 Å². The summed E-state index contributed by atoms with van der Waals surface area (Å²) >= 11 is 0. The van der Waals surface area contributed by atoms with Gasteiger partial charge >= 0.3 is 0 Å². The summed E-state index contributed by atoms with van der Waals surface area (Å²) in [5.74, 6) is 0.197. The van der Waals surface area contributed by atoms with Crippen molar-refractivity contribution in [2.75, 3.05) is 31.7 Å². The quantitative estimate of drug-likeness (QED) is 0.742. The van der Waals surface area contributed by atoms with Crippen LogP contribution in [0.1, 0.15) is 19.8 Å². The SMILES string of the molecule is CO[C@@H]1CS(=O)(=O)C[C@H]1NS(=O)(=O)N1CCC(C)CC1. The van der Waals surface area contributed by atoms with Gasteiger partial charge in [-0.2, -0.15) is 17.4 Å². The predicted octanol–water partition coefficient (Wildman–Crippen LogP) is -0.635. The van der Waals surface area contributed by atoms with Crippen molar-refractivity contribution in [3.8, 4) is 0 Å². The van der Waals surface area contributed by atoms with Crippen LogP contribution in [0.25, 0.3) is 0 Å². The Labute approximate surface area is 120 Å². The number of rotatable bonds is 4. The highest BCUT2D eigenvalue weighted by atomic mass is 32.2. The van der Waals surface area contributed by atoms with Gasteiger partial charge in [-0.1, -0.05) is 6.92 Å². The van der Waals surface area contributed by atoms with Crippen molar-refractivity contribution < 1.29 is 21.6 Å². The first kappa shape index (κ1) is 16.2. The second-order valence-electron chi connectivity index (χ2n) is 5.66. The van der Waals surface area contributed by atoms with E-state index in [0.29, 0.717) is 19.0 Å². The standard InChI is InChI=1S/C11H22N2O5S2/c1-9-3-5-13(6-4-9)20(16,17)12-10-7-19(14,15)8-11(10)18-2/h9-12H,3-8H2,1-2H3/t10-,11-/m1/s1. The third-order valence-electron chi connectivity index (χ3n) is 3.99. The molecule has 20 heavy (non-hydrogen) atoms. The molecule has 2 fully saturated rings. The normalized spacial score (nSPS) is 32.5. The van der Waals surface area contributed by atoms with Crippen LogP contribution in [0.4, 0.5) is 0 Å². The number of methoxy groups -OCH3 is 1. The van der Waals surface area contributed by atoms with Gasteiger partial charge < -0.3 is 4.74 Å². The lowest BCUT2D eigenvalue weighted by atomic mass is 10.0. The fourth-order valence-electron chi connectivity index (χ4n) is 2.65. The first-order valence-corrected chi connectivity index (χ1v) is 10.0. The molecule has 0 aliphatic carbocycles. The van der Waals surface area contributed by atoms with E-state index in [-0.39, 0.29) is 11.5 Å². The largest absolute Gasteiger partial charge is 0.379 e. The lowest BCUT2D eigenvalue weighted by Crippen LogP contribution is -2.51. The van der Waals surface area contributed by atoms with Gasteiger partial charge in [0.2, 0.25) is 0 Å². The summed E-state index contributed by atoms with van der Waals surface area (Å²) in [6.07, 6.45) is 1.05. The van der Waals surface area contributed by atoms with Crippen LogP contribution in [0.2, 0.25) is 0 Å². The van der Waals surface area contributed by atoms with Crippen LogP contribution >= 0.6 is 0 Å². The third-order valence-corrected chi connectivity index (χ3v) is 7.34. The fourth-order valence-corrected chi connectivity index (χ4v) is 6.06. The molecule has 0 aromatic heterocycles. The maximum atomic E-state index is 12.3.